The number of aliphatic hydroxyl groups excluding tert-OH is 3. The number of hydrogen-bond acceptors (Lipinski definition) is 6. The molecule has 0 radical (unpaired) electrons. The summed E-state index contributed by atoms with van der Waals surface area (Å²) >= 11 is 0. The minimum Gasteiger partial charge on any atom is -0.387 e. The largest absolute Gasteiger partial charge is 0.469 e. The molecule has 0 aromatic rings. The standard InChI is InChI=1S/C5H11O8P/c6-3-2(1-12-14(9,10)11)13-5(8)4(3)7/h2-8H,1H2,(H2,9,10,11)/t2-,3-,4+,5-/m1/s1. The molecule has 0 aliphatic carbocycles. The summed E-state index contributed by atoms with van der Waals surface area (Å²) in [6, 6.07) is 0. The Bertz CT molecular complexity index is 238. The summed E-state index contributed by atoms with van der Waals surface area (Å²) in [4.78, 5) is 16.6. The second-order valence-corrected chi connectivity index (χ2v) is 4.07. The first-order valence-corrected chi connectivity index (χ1v) is 5.24. The molecule has 1 rings (SSSR count). The maximum Gasteiger partial charge on any atom is 0.469 e. The number of phosphoric acid groups is 1. The third-order valence-corrected chi connectivity index (χ3v) is 2.23. The van der Waals surface area contributed by atoms with Gasteiger partial charge in [-0.05, 0) is 0 Å². The minimum atomic E-state index is -4.64. The fraction of sp³-hybridized carbons (Fsp3) is 1.00. The maximum absolute atomic E-state index is 10.3. The van der Waals surface area contributed by atoms with Gasteiger partial charge in [0.2, 0.25) is 0 Å². The molecule has 1 aliphatic heterocycles. The molecule has 84 valence electrons. The Kier molecular flexibility index (Phi) is 3.62. The Morgan fingerprint density at radius 2 is 1.79 bits per heavy atom. The Hall–Kier alpha value is -0.0500. The van der Waals surface area contributed by atoms with Crippen LogP contribution in [0.4, 0.5) is 0 Å². The second kappa shape index (κ2) is 4.21. The highest BCUT2D eigenvalue weighted by Crippen LogP contribution is 2.36. The molecule has 5 N–H and O–H groups in total. The van der Waals surface area contributed by atoms with Gasteiger partial charge in [-0.3, -0.25) is 4.52 Å². The van der Waals surface area contributed by atoms with Crippen LogP contribution in [0.25, 0.3) is 0 Å². The van der Waals surface area contributed by atoms with E-state index in [-0.39, 0.29) is 0 Å². The van der Waals surface area contributed by atoms with Crippen molar-refractivity contribution in [2.24, 2.45) is 0 Å². The van der Waals surface area contributed by atoms with Gasteiger partial charge in [-0.2, -0.15) is 0 Å². The van der Waals surface area contributed by atoms with Crippen molar-refractivity contribution in [1.29, 1.82) is 0 Å². The molecular weight excluding hydrogens is 219 g/mol. The van der Waals surface area contributed by atoms with Crippen LogP contribution in [0, 0.1) is 0 Å². The van der Waals surface area contributed by atoms with E-state index in [1.807, 2.05) is 0 Å². The van der Waals surface area contributed by atoms with Gasteiger partial charge in [0.15, 0.2) is 6.29 Å². The van der Waals surface area contributed by atoms with Crippen LogP contribution in [0.1, 0.15) is 0 Å². The molecule has 0 saturated carbocycles. The van der Waals surface area contributed by atoms with Crippen molar-refractivity contribution in [3.05, 3.63) is 0 Å². The fourth-order valence-corrected chi connectivity index (χ4v) is 1.38. The van der Waals surface area contributed by atoms with Crippen LogP contribution in [0.2, 0.25) is 0 Å². The Balaban J connectivity index is 2.44. The van der Waals surface area contributed by atoms with Crippen molar-refractivity contribution in [3.63, 3.8) is 0 Å². The summed E-state index contributed by atoms with van der Waals surface area (Å²) in [5.74, 6) is 0. The molecule has 1 heterocycles. The number of ether oxygens (including phenoxy) is 1. The molecule has 1 aliphatic rings. The monoisotopic (exact) mass is 230 g/mol. The van der Waals surface area contributed by atoms with Gasteiger partial charge in [-0.1, -0.05) is 0 Å². The number of hydrogen-bond donors (Lipinski definition) is 5. The average molecular weight is 230 g/mol. The van der Waals surface area contributed by atoms with Gasteiger partial charge >= 0.3 is 7.82 Å². The lowest BCUT2D eigenvalue weighted by molar-refractivity contribution is -0.132. The number of phosphoric ester groups is 1. The van der Waals surface area contributed by atoms with E-state index in [2.05, 4.69) is 9.26 Å². The van der Waals surface area contributed by atoms with Crippen molar-refractivity contribution in [1.82, 2.24) is 0 Å². The van der Waals surface area contributed by atoms with E-state index in [1.165, 1.54) is 0 Å². The first kappa shape index (κ1) is 12.0. The number of rotatable bonds is 3. The SMILES string of the molecule is O=P(O)(O)OC[C@H]1O[C@@H](O)[C@@H](O)[C@@H]1O. The molecule has 9 heteroatoms. The summed E-state index contributed by atoms with van der Waals surface area (Å²) in [5, 5.41) is 27.0. The molecule has 4 atom stereocenters. The second-order valence-electron chi connectivity index (χ2n) is 2.83. The lowest BCUT2D eigenvalue weighted by Crippen LogP contribution is -2.34. The molecule has 0 aromatic heterocycles. The zero-order valence-corrected chi connectivity index (χ0v) is 7.82. The van der Waals surface area contributed by atoms with Crippen molar-refractivity contribution < 1.29 is 38.9 Å². The maximum atomic E-state index is 10.3. The molecule has 0 spiro atoms. The first-order valence-electron chi connectivity index (χ1n) is 3.71. The predicted molar refractivity (Wildman–Crippen MR) is 40.9 cm³/mol. The molecular formula is C5H11O8P. The summed E-state index contributed by atoms with van der Waals surface area (Å²) in [6.07, 6.45) is -5.67. The van der Waals surface area contributed by atoms with Crippen molar-refractivity contribution in [2.45, 2.75) is 24.6 Å². The van der Waals surface area contributed by atoms with Crippen molar-refractivity contribution >= 4 is 7.82 Å². The van der Waals surface area contributed by atoms with Gasteiger partial charge in [0.1, 0.15) is 18.3 Å². The van der Waals surface area contributed by atoms with Gasteiger partial charge in [0.25, 0.3) is 0 Å². The molecule has 0 aromatic carbocycles. The summed E-state index contributed by atoms with van der Waals surface area (Å²) in [5.41, 5.74) is 0. The fourth-order valence-electron chi connectivity index (χ4n) is 1.04. The molecule has 0 unspecified atom stereocenters. The van der Waals surface area contributed by atoms with E-state index in [9.17, 15) is 4.57 Å². The van der Waals surface area contributed by atoms with Gasteiger partial charge in [0, 0.05) is 0 Å². The Morgan fingerprint density at radius 1 is 1.21 bits per heavy atom. The summed E-state index contributed by atoms with van der Waals surface area (Å²) in [7, 11) is -4.64. The quantitative estimate of drug-likeness (QED) is 0.336. The number of aliphatic hydroxyl groups is 3. The molecule has 0 amide bonds. The zero-order chi connectivity index (χ0) is 10.9. The van der Waals surface area contributed by atoms with Crippen LogP contribution in [0.15, 0.2) is 0 Å². The average Bonchev–Trinajstić information content (AvgIpc) is 2.28. The van der Waals surface area contributed by atoms with Crippen molar-refractivity contribution in [2.75, 3.05) is 6.61 Å². The van der Waals surface area contributed by atoms with Gasteiger partial charge in [0.05, 0.1) is 6.61 Å². The summed E-state index contributed by atoms with van der Waals surface area (Å²) < 4.78 is 18.9. The first-order chi connectivity index (χ1) is 6.31. The van der Waals surface area contributed by atoms with Gasteiger partial charge < -0.3 is 29.8 Å². The highest BCUT2D eigenvalue weighted by molar-refractivity contribution is 7.46. The molecule has 8 nitrogen and oxygen atoms in total. The van der Waals surface area contributed by atoms with E-state index in [0.29, 0.717) is 0 Å². The third-order valence-electron chi connectivity index (χ3n) is 1.74. The van der Waals surface area contributed by atoms with Gasteiger partial charge in [-0.25, -0.2) is 4.57 Å². The molecule has 14 heavy (non-hydrogen) atoms. The van der Waals surface area contributed by atoms with E-state index in [0.717, 1.165) is 0 Å². The minimum absolute atomic E-state index is 0.612. The molecule has 1 saturated heterocycles. The van der Waals surface area contributed by atoms with E-state index >= 15 is 0 Å². The highest BCUT2D eigenvalue weighted by atomic mass is 31.2. The van der Waals surface area contributed by atoms with E-state index < -0.39 is 39.0 Å². The lowest BCUT2D eigenvalue weighted by atomic mass is 10.1. The summed E-state index contributed by atoms with van der Waals surface area (Å²) in [6.45, 7) is -0.612. The Labute approximate surface area is 78.9 Å². The van der Waals surface area contributed by atoms with E-state index in [4.69, 9.17) is 25.1 Å². The van der Waals surface area contributed by atoms with Crippen LogP contribution in [0.3, 0.4) is 0 Å². The van der Waals surface area contributed by atoms with Crippen LogP contribution < -0.4 is 0 Å². The van der Waals surface area contributed by atoms with Crippen LogP contribution >= 0.6 is 7.82 Å². The van der Waals surface area contributed by atoms with E-state index in [1.54, 1.807) is 0 Å². The lowest BCUT2D eigenvalue weighted by Gasteiger charge is -2.14. The topological polar surface area (TPSA) is 137 Å². The third kappa shape index (κ3) is 2.97. The van der Waals surface area contributed by atoms with Crippen LogP contribution in [-0.2, 0) is 13.8 Å². The normalized spacial score (nSPS) is 38.9. The molecule has 1 fully saturated rings. The van der Waals surface area contributed by atoms with Gasteiger partial charge in [-0.15, -0.1) is 0 Å². The predicted octanol–water partition coefficient (Wildman–Crippen LogP) is -2.47. The zero-order valence-electron chi connectivity index (χ0n) is 6.92. The highest BCUT2D eigenvalue weighted by Gasteiger charge is 2.42. The van der Waals surface area contributed by atoms with Crippen LogP contribution in [-0.4, -0.2) is 56.3 Å². The van der Waals surface area contributed by atoms with Crippen molar-refractivity contribution in [3.8, 4) is 0 Å². The molecule has 0 bridgehead atoms. The van der Waals surface area contributed by atoms with Crippen LogP contribution in [0.5, 0.6) is 0 Å². The smallest absolute Gasteiger partial charge is 0.387 e. The Morgan fingerprint density at radius 3 is 2.14 bits per heavy atom.